The largest absolute Gasteiger partial charge is 0.325 e. The van der Waals surface area contributed by atoms with Crippen LogP contribution in [0.2, 0.25) is 0 Å². The van der Waals surface area contributed by atoms with Crippen molar-refractivity contribution in [3.05, 3.63) is 29.6 Å². The zero-order valence-corrected chi connectivity index (χ0v) is 10.7. The monoisotopic (exact) mass is 250 g/mol. The lowest BCUT2D eigenvalue weighted by atomic mass is 10.2. The first-order valence-electron chi connectivity index (χ1n) is 6.49. The van der Waals surface area contributed by atoms with E-state index in [4.69, 9.17) is 0 Å². The van der Waals surface area contributed by atoms with Crippen LogP contribution >= 0.6 is 0 Å². The average molecular weight is 250 g/mol. The molecule has 0 spiro atoms. The van der Waals surface area contributed by atoms with Gasteiger partial charge in [-0.1, -0.05) is 18.9 Å². The van der Waals surface area contributed by atoms with Gasteiger partial charge < -0.3 is 10.2 Å². The standard InChI is InChI=1S/C14H19FN2O/c1-11-6-7-12(10-13(11)15)16-14(18)17-8-4-2-3-5-9-17/h6-7,10H,2-5,8-9H2,1H3,(H,16,18). The third-order valence-corrected chi connectivity index (χ3v) is 3.32. The Bertz CT molecular complexity index is 426. The van der Waals surface area contributed by atoms with Crippen molar-refractivity contribution in [3.63, 3.8) is 0 Å². The second-order valence-corrected chi connectivity index (χ2v) is 4.80. The maximum Gasteiger partial charge on any atom is 0.321 e. The van der Waals surface area contributed by atoms with Gasteiger partial charge in [0.2, 0.25) is 0 Å². The average Bonchev–Trinajstić information content (AvgIpc) is 2.62. The van der Waals surface area contributed by atoms with E-state index < -0.39 is 0 Å². The molecule has 0 aromatic heterocycles. The number of anilines is 1. The Morgan fingerprint density at radius 2 is 1.89 bits per heavy atom. The van der Waals surface area contributed by atoms with Gasteiger partial charge in [0.05, 0.1) is 0 Å². The molecule has 2 rings (SSSR count). The Morgan fingerprint density at radius 3 is 2.50 bits per heavy atom. The van der Waals surface area contributed by atoms with Crippen molar-refractivity contribution < 1.29 is 9.18 Å². The number of rotatable bonds is 1. The maximum atomic E-state index is 13.4. The number of amides is 2. The van der Waals surface area contributed by atoms with Crippen LogP contribution in [0.4, 0.5) is 14.9 Å². The fraction of sp³-hybridized carbons (Fsp3) is 0.500. The molecule has 0 atom stereocenters. The predicted molar refractivity (Wildman–Crippen MR) is 70.2 cm³/mol. The number of aryl methyl sites for hydroxylation is 1. The molecule has 1 aliphatic rings. The summed E-state index contributed by atoms with van der Waals surface area (Å²) in [6, 6.07) is 4.65. The zero-order valence-electron chi connectivity index (χ0n) is 10.7. The molecule has 0 aliphatic carbocycles. The van der Waals surface area contributed by atoms with Gasteiger partial charge in [-0.05, 0) is 37.5 Å². The Labute approximate surface area is 107 Å². The molecule has 4 heteroatoms. The van der Waals surface area contributed by atoms with Gasteiger partial charge in [-0.25, -0.2) is 9.18 Å². The minimum atomic E-state index is -0.288. The van der Waals surface area contributed by atoms with Crippen LogP contribution in [0, 0.1) is 12.7 Å². The molecule has 0 saturated carbocycles. The van der Waals surface area contributed by atoms with Crippen LogP contribution in [0.1, 0.15) is 31.2 Å². The number of benzene rings is 1. The molecule has 3 nitrogen and oxygen atoms in total. The summed E-state index contributed by atoms with van der Waals surface area (Å²) in [4.78, 5) is 13.8. The molecule has 1 heterocycles. The zero-order chi connectivity index (χ0) is 13.0. The summed E-state index contributed by atoms with van der Waals surface area (Å²) < 4.78 is 13.4. The molecule has 1 fully saturated rings. The number of nitrogens with zero attached hydrogens (tertiary/aromatic N) is 1. The molecule has 18 heavy (non-hydrogen) atoms. The molecule has 0 unspecified atom stereocenters. The van der Waals surface area contributed by atoms with E-state index in [1.54, 1.807) is 19.1 Å². The van der Waals surface area contributed by atoms with E-state index in [1.165, 1.54) is 18.9 Å². The lowest BCUT2D eigenvalue weighted by Crippen LogP contribution is -2.35. The SMILES string of the molecule is Cc1ccc(NC(=O)N2CCCCCC2)cc1F. The van der Waals surface area contributed by atoms with Gasteiger partial charge >= 0.3 is 6.03 Å². The number of nitrogens with one attached hydrogen (secondary N) is 1. The van der Waals surface area contributed by atoms with E-state index in [-0.39, 0.29) is 11.8 Å². The van der Waals surface area contributed by atoms with Crippen LogP contribution in [0.3, 0.4) is 0 Å². The van der Waals surface area contributed by atoms with Gasteiger partial charge in [0.15, 0.2) is 0 Å². The highest BCUT2D eigenvalue weighted by Gasteiger charge is 2.15. The summed E-state index contributed by atoms with van der Waals surface area (Å²) >= 11 is 0. The summed E-state index contributed by atoms with van der Waals surface area (Å²) in [7, 11) is 0. The molecule has 1 aromatic rings. The van der Waals surface area contributed by atoms with Crippen molar-refractivity contribution in [2.24, 2.45) is 0 Å². The number of hydrogen-bond acceptors (Lipinski definition) is 1. The molecule has 1 N–H and O–H groups in total. The second-order valence-electron chi connectivity index (χ2n) is 4.80. The number of likely N-dealkylation sites (tertiary alicyclic amines) is 1. The molecule has 0 radical (unpaired) electrons. The lowest BCUT2D eigenvalue weighted by Gasteiger charge is -2.20. The molecular formula is C14H19FN2O. The van der Waals surface area contributed by atoms with E-state index in [0.29, 0.717) is 11.3 Å². The van der Waals surface area contributed by atoms with Crippen LogP contribution in [0.25, 0.3) is 0 Å². The van der Waals surface area contributed by atoms with Gasteiger partial charge in [-0.3, -0.25) is 0 Å². The van der Waals surface area contributed by atoms with Crippen LogP contribution in [0.5, 0.6) is 0 Å². The fourth-order valence-corrected chi connectivity index (χ4v) is 2.15. The van der Waals surface area contributed by atoms with Crippen molar-refractivity contribution in [3.8, 4) is 0 Å². The van der Waals surface area contributed by atoms with Gasteiger partial charge in [0.1, 0.15) is 5.82 Å². The Kier molecular flexibility index (Phi) is 4.18. The lowest BCUT2D eigenvalue weighted by molar-refractivity contribution is 0.214. The first-order chi connectivity index (χ1) is 8.66. The highest BCUT2D eigenvalue weighted by atomic mass is 19.1. The molecule has 1 aliphatic heterocycles. The van der Waals surface area contributed by atoms with Gasteiger partial charge in [0, 0.05) is 18.8 Å². The summed E-state index contributed by atoms with van der Waals surface area (Å²) in [5.41, 5.74) is 1.11. The smallest absolute Gasteiger partial charge is 0.321 e. The summed E-state index contributed by atoms with van der Waals surface area (Å²) in [6.07, 6.45) is 4.47. The molecule has 1 aromatic carbocycles. The van der Waals surface area contributed by atoms with E-state index >= 15 is 0 Å². The van der Waals surface area contributed by atoms with Crippen LogP contribution in [-0.2, 0) is 0 Å². The quantitative estimate of drug-likeness (QED) is 0.812. The molecular weight excluding hydrogens is 231 g/mol. The Balaban J connectivity index is 1.99. The first-order valence-corrected chi connectivity index (χ1v) is 6.49. The summed E-state index contributed by atoms with van der Waals surface area (Å²) in [6.45, 7) is 3.29. The Hall–Kier alpha value is -1.58. The van der Waals surface area contributed by atoms with Crippen LogP contribution in [0.15, 0.2) is 18.2 Å². The van der Waals surface area contributed by atoms with Crippen molar-refractivity contribution >= 4 is 11.7 Å². The van der Waals surface area contributed by atoms with Crippen LogP contribution < -0.4 is 5.32 Å². The number of carbonyl (C=O) groups is 1. The van der Waals surface area contributed by atoms with Crippen molar-refractivity contribution in [1.29, 1.82) is 0 Å². The number of hydrogen-bond donors (Lipinski definition) is 1. The third kappa shape index (κ3) is 3.22. The summed E-state index contributed by atoms with van der Waals surface area (Å²) in [5.74, 6) is -0.288. The maximum absolute atomic E-state index is 13.4. The third-order valence-electron chi connectivity index (χ3n) is 3.32. The topological polar surface area (TPSA) is 32.3 Å². The van der Waals surface area contributed by atoms with Crippen molar-refractivity contribution in [2.45, 2.75) is 32.6 Å². The fourth-order valence-electron chi connectivity index (χ4n) is 2.15. The molecule has 98 valence electrons. The minimum Gasteiger partial charge on any atom is -0.325 e. The number of urea groups is 1. The van der Waals surface area contributed by atoms with E-state index in [2.05, 4.69) is 5.32 Å². The van der Waals surface area contributed by atoms with Crippen molar-refractivity contribution in [2.75, 3.05) is 18.4 Å². The van der Waals surface area contributed by atoms with Crippen LogP contribution in [-0.4, -0.2) is 24.0 Å². The normalized spacial score (nSPS) is 16.2. The van der Waals surface area contributed by atoms with Gasteiger partial charge in [0.25, 0.3) is 0 Å². The van der Waals surface area contributed by atoms with E-state index in [9.17, 15) is 9.18 Å². The minimum absolute atomic E-state index is 0.125. The predicted octanol–water partition coefficient (Wildman–Crippen LogP) is 3.54. The number of carbonyl (C=O) groups excluding carboxylic acids is 1. The van der Waals surface area contributed by atoms with Gasteiger partial charge in [-0.2, -0.15) is 0 Å². The molecule has 2 amide bonds. The summed E-state index contributed by atoms with van der Waals surface area (Å²) in [5, 5.41) is 2.75. The molecule has 1 saturated heterocycles. The number of halogens is 1. The molecule has 0 bridgehead atoms. The second kappa shape index (κ2) is 5.85. The highest BCUT2D eigenvalue weighted by Crippen LogP contribution is 2.15. The first kappa shape index (κ1) is 12.9. The van der Waals surface area contributed by atoms with Gasteiger partial charge in [-0.15, -0.1) is 0 Å². The van der Waals surface area contributed by atoms with E-state index in [1.807, 2.05) is 4.90 Å². The Morgan fingerprint density at radius 1 is 1.22 bits per heavy atom. The van der Waals surface area contributed by atoms with E-state index in [0.717, 1.165) is 25.9 Å². The van der Waals surface area contributed by atoms with Crippen molar-refractivity contribution in [1.82, 2.24) is 4.90 Å². The highest BCUT2D eigenvalue weighted by molar-refractivity contribution is 5.89.